The Hall–Kier alpha value is -2.15. The number of aromatic amines is 1. The molecule has 136 valence electrons. The molecule has 1 fully saturated rings. The number of morpholine rings is 1. The normalized spacial score (nSPS) is 18.3. The number of aryl methyl sites for hydroxylation is 1. The van der Waals surface area contributed by atoms with Crippen molar-refractivity contribution in [1.29, 1.82) is 0 Å². The van der Waals surface area contributed by atoms with E-state index in [4.69, 9.17) is 20.8 Å². The van der Waals surface area contributed by atoms with E-state index >= 15 is 0 Å². The fourth-order valence-electron chi connectivity index (χ4n) is 3.21. The van der Waals surface area contributed by atoms with Gasteiger partial charge in [0.15, 0.2) is 5.76 Å². The Morgan fingerprint density at radius 1 is 1.35 bits per heavy atom. The predicted octanol–water partition coefficient (Wildman–Crippen LogP) is 4.34. The topological polar surface area (TPSA) is 54.3 Å². The molecule has 3 heterocycles. The summed E-state index contributed by atoms with van der Waals surface area (Å²) in [6, 6.07) is 8.62. The van der Waals surface area contributed by atoms with Gasteiger partial charge in [-0.2, -0.15) is 5.10 Å². The monoisotopic (exact) mass is 375 g/mol. The number of nitrogens with zero attached hydrogens (tertiary/aromatic N) is 2. The SMILES string of the molecule is Cc1ccc(-c2[nH]ncc2CN2CCOC(c3ccc(F)c(Cl)c3)C2)o1. The maximum atomic E-state index is 13.4. The molecule has 3 aromatic rings. The highest BCUT2D eigenvalue weighted by Crippen LogP contribution is 2.29. The second-order valence-corrected chi connectivity index (χ2v) is 6.86. The Morgan fingerprint density at radius 3 is 3.00 bits per heavy atom. The number of H-pyrrole nitrogens is 1. The molecule has 1 aliphatic rings. The van der Waals surface area contributed by atoms with Gasteiger partial charge in [0.1, 0.15) is 17.3 Å². The molecule has 0 radical (unpaired) electrons. The van der Waals surface area contributed by atoms with E-state index in [1.807, 2.05) is 25.3 Å². The van der Waals surface area contributed by atoms with Gasteiger partial charge in [-0.05, 0) is 36.8 Å². The molecule has 1 saturated heterocycles. The Kier molecular flexibility index (Phi) is 4.80. The Morgan fingerprint density at radius 2 is 2.23 bits per heavy atom. The second-order valence-electron chi connectivity index (χ2n) is 6.45. The summed E-state index contributed by atoms with van der Waals surface area (Å²) < 4.78 is 25.0. The molecule has 0 bridgehead atoms. The fraction of sp³-hybridized carbons (Fsp3) is 0.316. The summed E-state index contributed by atoms with van der Waals surface area (Å²) in [7, 11) is 0. The number of halogens is 2. The summed E-state index contributed by atoms with van der Waals surface area (Å²) in [6.07, 6.45) is 1.69. The van der Waals surface area contributed by atoms with Gasteiger partial charge in [0.05, 0.1) is 23.9 Å². The summed E-state index contributed by atoms with van der Waals surface area (Å²) in [5.41, 5.74) is 2.85. The van der Waals surface area contributed by atoms with Crippen molar-refractivity contribution in [3.8, 4) is 11.5 Å². The minimum atomic E-state index is -0.417. The highest BCUT2D eigenvalue weighted by molar-refractivity contribution is 6.30. The first-order chi connectivity index (χ1) is 12.6. The van der Waals surface area contributed by atoms with Gasteiger partial charge in [0, 0.05) is 25.2 Å². The van der Waals surface area contributed by atoms with E-state index in [0.29, 0.717) is 13.2 Å². The fourth-order valence-corrected chi connectivity index (χ4v) is 3.40. The molecule has 0 spiro atoms. The van der Waals surface area contributed by atoms with Crippen molar-refractivity contribution in [3.05, 3.63) is 64.3 Å². The summed E-state index contributed by atoms with van der Waals surface area (Å²) in [5, 5.41) is 7.31. The molecule has 1 aromatic carbocycles. The first kappa shape index (κ1) is 17.3. The number of hydrogen-bond acceptors (Lipinski definition) is 4. The summed E-state index contributed by atoms with van der Waals surface area (Å²) >= 11 is 5.91. The molecule has 26 heavy (non-hydrogen) atoms. The lowest BCUT2D eigenvalue weighted by Crippen LogP contribution is -2.37. The van der Waals surface area contributed by atoms with Crippen molar-refractivity contribution in [2.45, 2.75) is 19.6 Å². The Balaban J connectivity index is 1.49. The molecule has 0 saturated carbocycles. The number of ether oxygens (including phenoxy) is 1. The number of benzene rings is 1. The van der Waals surface area contributed by atoms with E-state index in [-0.39, 0.29) is 11.1 Å². The highest BCUT2D eigenvalue weighted by atomic mass is 35.5. The van der Waals surface area contributed by atoms with E-state index in [1.54, 1.807) is 12.1 Å². The third-order valence-electron chi connectivity index (χ3n) is 4.56. The number of furan rings is 1. The summed E-state index contributed by atoms with van der Waals surface area (Å²) in [6.45, 7) is 4.75. The van der Waals surface area contributed by atoms with Crippen LogP contribution in [0, 0.1) is 12.7 Å². The van der Waals surface area contributed by atoms with Crippen LogP contribution in [0.15, 0.2) is 40.9 Å². The zero-order chi connectivity index (χ0) is 18.1. The molecule has 5 nitrogen and oxygen atoms in total. The predicted molar refractivity (Wildman–Crippen MR) is 96.4 cm³/mol. The number of rotatable bonds is 4. The largest absolute Gasteiger partial charge is 0.460 e. The van der Waals surface area contributed by atoms with Crippen LogP contribution in [0.5, 0.6) is 0 Å². The van der Waals surface area contributed by atoms with Crippen molar-refractivity contribution < 1.29 is 13.5 Å². The van der Waals surface area contributed by atoms with Crippen molar-refractivity contribution in [2.24, 2.45) is 0 Å². The molecule has 2 aromatic heterocycles. The Labute approximate surface area is 155 Å². The molecule has 1 N–H and O–H groups in total. The number of aromatic nitrogens is 2. The van der Waals surface area contributed by atoms with Gasteiger partial charge in [0.2, 0.25) is 0 Å². The molecular weight excluding hydrogens is 357 g/mol. The van der Waals surface area contributed by atoms with Gasteiger partial charge in [-0.15, -0.1) is 0 Å². The first-order valence-corrected chi connectivity index (χ1v) is 8.86. The number of nitrogens with one attached hydrogen (secondary N) is 1. The minimum absolute atomic E-state index is 0.119. The zero-order valence-electron chi connectivity index (χ0n) is 14.3. The Bertz CT molecular complexity index is 908. The van der Waals surface area contributed by atoms with E-state index in [1.165, 1.54) is 6.07 Å². The molecule has 0 amide bonds. The van der Waals surface area contributed by atoms with Gasteiger partial charge in [-0.25, -0.2) is 4.39 Å². The third kappa shape index (κ3) is 3.53. The quantitative estimate of drug-likeness (QED) is 0.736. The minimum Gasteiger partial charge on any atom is -0.460 e. The smallest absolute Gasteiger partial charge is 0.152 e. The van der Waals surface area contributed by atoms with Crippen LogP contribution >= 0.6 is 11.6 Å². The molecule has 7 heteroatoms. The van der Waals surface area contributed by atoms with Gasteiger partial charge < -0.3 is 9.15 Å². The van der Waals surface area contributed by atoms with E-state index in [0.717, 1.165) is 41.4 Å². The van der Waals surface area contributed by atoms with E-state index < -0.39 is 5.82 Å². The lowest BCUT2D eigenvalue weighted by atomic mass is 10.1. The average molecular weight is 376 g/mol. The molecular formula is C19H19ClFN3O2. The maximum Gasteiger partial charge on any atom is 0.152 e. The van der Waals surface area contributed by atoms with Crippen LogP contribution in [0.1, 0.15) is 23.0 Å². The lowest BCUT2D eigenvalue weighted by molar-refractivity contribution is -0.0329. The number of hydrogen-bond donors (Lipinski definition) is 1. The molecule has 0 aliphatic carbocycles. The van der Waals surface area contributed by atoms with Gasteiger partial charge in [-0.1, -0.05) is 17.7 Å². The molecule has 1 aliphatic heterocycles. The average Bonchev–Trinajstić information content (AvgIpc) is 3.26. The van der Waals surface area contributed by atoms with Gasteiger partial charge >= 0.3 is 0 Å². The van der Waals surface area contributed by atoms with Crippen LogP contribution in [0.25, 0.3) is 11.5 Å². The van der Waals surface area contributed by atoms with Gasteiger partial charge in [0.25, 0.3) is 0 Å². The highest BCUT2D eigenvalue weighted by Gasteiger charge is 2.24. The van der Waals surface area contributed by atoms with Crippen molar-refractivity contribution >= 4 is 11.6 Å². The van der Waals surface area contributed by atoms with Gasteiger partial charge in [-0.3, -0.25) is 10.00 Å². The molecule has 1 atom stereocenters. The van der Waals surface area contributed by atoms with Crippen LogP contribution in [0.4, 0.5) is 4.39 Å². The maximum absolute atomic E-state index is 13.4. The van der Waals surface area contributed by atoms with Crippen molar-refractivity contribution in [3.63, 3.8) is 0 Å². The van der Waals surface area contributed by atoms with Crippen LogP contribution in [-0.2, 0) is 11.3 Å². The van der Waals surface area contributed by atoms with Crippen LogP contribution in [0.2, 0.25) is 5.02 Å². The van der Waals surface area contributed by atoms with Crippen LogP contribution in [0.3, 0.4) is 0 Å². The van der Waals surface area contributed by atoms with Crippen LogP contribution < -0.4 is 0 Å². The lowest BCUT2D eigenvalue weighted by Gasteiger charge is -2.33. The molecule has 1 unspecified atom stereocenters. The standard InChI is InChI=1S/C19H19ClFN3O2/c1-12-2-5-17(26-12)19-14(9-22-23-19)10-24-6-7-25-18(11-24)13-3-4-16(21)15(20)8-13/h2-5,8-9,18H,6-7,10-11H2,1H3,(H,22,23). The summed E-state index contributed by atoms with van der Waals surface area (Å²) in [4.78, 5) is 2.29. The van der Waals surface area contributed by atoms with E-state index in [2.05, 4.69) is 15.1 Å². The van der Waals surface area contributed by atoms with Crippen molar-refractivity contribution in [1.82, 2.24) is 15.1 Å². The van der Waals surface area contributed by atoms with E-state index in [9.17, 15) is 4.39 Å². The third-order valence-corrected chi connectivity index (χ3v) is 4.85. The second kappa shape index (κ2) is 7.23. The van der Waals surface area contributed by atoms with Crippen molar-refractivity contribution in [2.75, 3.05) is 19.7 Å². The molecule has 4 rings (SSSR count). The van der Waals surface area contributed by atoms with Crippen LogP contribution in [-0.4, -0.2) is 34.8 Å². The first-order valence-electron chi connectivity index (χ1n) is 8.48. The summed E-state index contributed by atoms with van der Waals surface area (Å²) in [5.74, 6) is 1.23. The zero-order valence-corrected chi connectivity index (χ0v) is 15.1.